The van der Waals surface area contributed by atoms with Crippen LogP contribution in [0.4, 0.5) is 11.4 Å². The third-order valence-corrected chi connectivity index (χ3v) is 5.83. The van der Waals surface area contributed by atoms with E-state index >= 15 is 0 Å². The molecule has 1 aliphatic heterocycles. The average molecular weight is 398 g/mol. The second kappa shape index (κ2) is 7.49. The second-order valence-electron chi connectivity index (χ2n) is 7.42. The third-order valence-electron chi connectivity index (χ3n) is 5.42. The number of para-hydroxylation sites is 2. The normalized spacial score (nSPS) is 15.2. The Labute approximate surface area is 169 Å². The molecule has 0 unspecified atom stereocenters. The topological polar surface area (TPSA) is 48.7 Å². The molecular weight excluding hydrogens is 374 g/mol. The van der Waals surface area contributed by atoms with E-state index in [0.29, 0.717) is 16.4 Å². The van der Waals surface area contributed by atoms with Gasteiger partial charge >= 0.3 is 0 Å². The van der Waals surface area contributed by atoms with E-state index in [1.165, 1.54) is 0 Å². The summed E-state index contributed by atoms with van der Waals surface area (Å²) in [6.07, 6.45) is 0. The lowest BCUT2D eigenvalue weighted by atomic mass is 10.1. The summed E-state index contributed by atoms with van der Waals surface area (Å²) in [6.45, 7) is 7.69. The zero-order valence-corrected chi connectivity index (χ0v) is 17.1. The lowest BCUT2D eigenvalue weighted by Crippen LogP contribution is -2.44. The van der Waals surface area contributed by atoms with Crippen LogP contribution >= 0.6 is 11.6 Å². The van der Waals surface area contributed by atoms with Gasteiger partial charge in [0.1, 0.15) is 5.58 Å². The summed E-state index contributed by atoms with van der Waals surface area (Å²) in [7, 11) is 2.13. The number of rotatable bonds is 3. The molecule has 28 heavy (non-hydrogen) atoms. The molecule has 1 amide bonds. The lowest BCUT2D eigenvalue weighted by molar-refractivity contribution is 0.0998. The van der Waals surface area contributed by atoms with Gasteiger partial charge in [0, 0.05) is 42.2 Å². The number of halogens is 1. The Hall–Kier alpha value is -2.50. The number of hydrogen-bond acceptors (Lipinski definition) is 4. The summed E-state index contributed by atoms with van der Waals surface area (Å²) in [4.78, 5) is 17.6. The SMILES string of the molecule is Cc1cc2oc(C(=O)Nc3ccccc3N3CCN(C)CC3)c(C)c2cc1Cl. The van der Waals surface area contributed by atoms with Crippen molar-refractivity contribution in [3.63, 3.8) is 0 Å². The van der Waals surface area contributed by atoms with E-state index < -0.39 is 0 Å². The number of likely N-dealkylation sites (N-methyl/N-ethyl adjacent to an activating group) is 1. The van der Waals surface area contributed by atoms with Crippen molar-refractivity contribution in [1.82, 2.24) is 4.90 Å². The van der Waals surface area contributed by atoms with E-state index in [9.17, 15) is 4.79 Å². The Kier molecular flexibility index (Phi) is 5.04. The molecule has 0 atom stereocenters. The molecule has 0 aliphatic carbocycles. The molecule has 5 nitrogen and oxygen atoms in total. The van der Waals surface area contributed by atoms with Gasteiger partial charge in [0.25, 0.3) is 5.91 Å². The van der Waals surface area contributed by atoms with Crippen molar-refractivity contribution < 1.29 is 9.21 Å². The van der Waals surface area contributed by atoms with E-state index in [-0.39, 0.29) is 5.91 Å². The Morgan fingerprint density at radius 3 is 2.57 bits per heavy atom. The van der Waals surface area contributed by atoms with Gasteiger partial charge in [0.15, 0.2) is 5.76 Å². The number of fused-ring (bicyclic) bond motifs is 1. The number of aryl methyl sites for hydroxylation is 2. The summed E-state index contributed by atoms with van der Waals surface area (Å²) in [6, 6.07) is 11.7. The van der Waals surface area contributed by atoms with E-state index in [1.807, 2.05) is 44.2 Å². The molecule has 1 fully saturated rings. The molecule has 6 heteroatoms. The Morgan fingerprint density at radius 1 is 1.11 bits per heavy atom. The van der Waals surface area contributed by atoms with Crippen LogP contribution in [0.1, 0.15) is 21.7 Å². The zero-order chi connectivity index (χ0) is 19.8. The van der Waals surface area contributed by atoms with Crippen molar-refractivity contribution in [3.8, 4) is 0 Å². The Balaban J connectivity index is 1.63. The summed E-state index contributed by atoms with van der Waals surface area (Å²) >= 11 is 6.24. The molecule has 1 saturated heterocycles. The lowest BCUT2D eigenvalue weighted by Gasteiger charge is -2.35. The zero-order valence-electron chi connectivity index (χ0n) is 16.4. The van der Waals surface area contributed by atoms with Crippen LogP contribution < -0.4 is 10.2 Å². The molecule has 3 aromatic rings. The van der Waals surface area contributed by atoms with Crippen molar-refractivity contribution >= 4 is 39.9 Å². The van der Waals surface area contributed by atoms with Gasteiger partial charge in [-0.2, -0.15) is 0 Å². The number of carbonyl (C=O) groups is 1. The second-order valence-corrected chi connectivity index (χ2v) is 7.82. The monoisotopic (exact) mass is 397 g/mol. The summed E-state index contributed by atoms with van der Waals surface area (Å²) in [5, 5.41) is 4.58. The first-order chi connectivity index (χ1) is 13.4. The number of hydrogen-bond donors (Lipinski definition) is 1. The van der Waals surface area contributed by atoms with Crippen LogP contribution in [0.3, 0.4) is 0 Å². The van der Waals surface area contributed by atoms with Crippen LogP contribution in [0.15, 0.2) is 40.8 Å². The first kappa shape index (κ1) is 18.8. The maximum absolute atomic E-state index is 13.0. The van der Waals surface area contributed by atoms with Gasteiger partial charge in [-0.25, -0.2) is 0 Å². The van der Waals surface area contributed by atoms with Crippen LogP contribution in [0.5, 0.6) is 0 Å². The summed E-state index contributed by atoms with van der Waals surface area (Å²) in [5.41, 5.74) is 4.24. The minimum absolute atomic E-state index is 0.246. The predicted octanol–water partition coefficient (Wildman–Crippen LogP) is 4.71. The number of nitrogens with one attached hydrogen (secondary N) is 1. The molecular formula is C22H24ClN3O2. The van der Waals surface area contributed by atoms with Gasteiger partial charge in [-0.15, -0.1) is 0 Å². The molecule has 146 valence electrons. The van der Waals surface area contributed by atoms with Crippen molar-refractivity contribution in [1.29, 1.82) is 0 Å². The van der Waals surface area contributed by atoms with Crippen LogP contribution in [-0.4, -0.2) is 44.0 Å². The standard InChI is InChI=1S/C22H24ClN3O2/c1-14-12-20-16(13-17(14)23)15(2)21(28-20)22(27)24-18-6-4-5-7-19(18)26-10-8-25(3)9-11-26/h4-7,12-13H,8-11H2,1-3H3,(H,24,27). The maximum Gasteiger partial charge on any atom is 0.291 e. The summed E-state index contributed by atoms with van der Waals surface area (Å²) in [5.74, 6) is 0.0777. The van der Waals surface area contributed by atoms with Crippen molar-refractivity contribution in [3.05, 3.63) is 58.3 Å². The highest BCUT2D eigenvalue weighted by atomic mass is 35.5. The Morgan fingerprint density at radius 2 is 1.82 bits per heavy atom. The molecule has 0 saturated carbocycles. The van der Waals surface area contributed by atoms with Crippen LogP contribution in [-0.2, 0) is 0 Å². The van der Waals surface area contributed by atoms with Crippen LogP contribution in [0.2, 0.25) is 5.02 Å². The number of anilines is 2. The molecule has 4 rings (SSSR count). The molecule has 1 N–H and O–H groups in total. The highest BCUT2D eigenvalue weighted by molar-refractivity contribution is 6.32. The molecule has 1 aliphatic rings. The minimum Gasteiger partial charge on any atom is -0.451 e. The molecule has 0 bridgehead atoms. The number of piperazine rings is 1. The molecule has 0 radical (unpaired) electrons. The third kappa shape index (κ3) is 3.48. The number of carbonyl (C=O) groups excluding carboxylic acids is 1. The van der Waals surface area contributed by atoms with E-state index in [2.05, 4.69) is 28.2 Å². The van der Waals surface area contributed by atoms with Crippen molar-refractivity contribution in [2.75, 3.05) is 43.4 Å². The predicted molar refractivity (Wildman–Crippen MR) is 115 cm³/mol. The number of furan rings is 1. The van der Waals surface area contributed by atoms with Crippen LogP contribution in [0.25, 0.3) is 11.0 Å². The number of benzene rings is 2. The van der Waals surface area contributed by atoms with Gasteiger partial charge < -0.3 is 19.5 Å². The van der Waals surface area contributed by atoms with Gasteiger partial charge in [0.05, 0.1) is 11.4 Å². The van der Waals surface area contributed by atoms with Crippen LogP contribution in [0, 0.1) is 13.8 Å². The molecule has 2 heterocycles. The van der Waals surface area contributed by atoms with Gasteiger partial charge in [-0.3, -0.25) is 4.79 Å². The first-order valence-corrected chi connectivity index (χ1v) is 9.85. The van der Waals surface area contributed by atoms with Crippen molar-refractivity contribution in [2.24, 2.45) is 0 Å². The van der Waals surface area contributed by atoms with Crippen molar-refractivity contribution in [2.45, 2.75) is 13.8 Å². The van der Waals surface area contributed by atoms with Gasteiger partial charge in [-0.05, 0) is 50.7 Å². The number of nitrogens with zero attached hydrogens (tertiary/aromatic N) is 2. The average Bonchev–Trinajstić information content (AvgIpc) is 2.99. The summed E-state index contributed by atoms with van der Waals surface area (Å²) < 4.78 is 5.88. The molecule has 2 aromatic carbocycles. The highest BCUT2D eigenvalue weighted by Crippen LogP contribution is 2.32. The van der Waals surface area contributed by atoms with E-state index in [1.54, 1.807) is 0 Å². The molecule has 1 aromatic heterocycles. The fraction of sp³-hybridized carbons (Fsp3) is 0.318. The first-order valence-electron chi connectivity index (χ1n) is 9.47. The maximum atomic E-state index is 13.0. The van der Waals surface area contributed by atoms with E-state index in [4.69, 9.17) is 16.0 Å². The fourth-order valence-corrected chi connectivity index (χ4v) is 3.80. The van der Waals surface area contributed by atoms with E-state index in [0.717, 1.165) is 54.1 Å². The Bertz CT molecular complexity index is 1040. The highest BCUT2D eigenvalue weighted by Gasteiger charge is 2.22. The van der Waals surface area contributed by atoms with Gasteiger partial charge in [0.2, 0.25) is 0 Å². The largest absolute Gasteiger partial charge is 0.451 e. The fourth-order valence-electron chi connectivity index (χ4n) is 3.64. The molecule has 0 spiro atoms. The smallest absolute Gasteiger partial charge is 0.291 e. The number of amides is 1. The van der Waals surface area contributed by atoms with Gasteiger partial charge in [-0.1, -0.05) is 23.7 Å². The quantitative estimate of drug-likeness (QED) is 0.695. The minimum atomic E-state index is -0.246.